The average Bonchev–Trinajstić information content (AvgIpc) is 2.26. The van der Waals surface area contributed by atoms with Crippen LogP contribution in [0.15, 0.2) is 23.1 Å². The first-order chi connectivity index (χ1) is 7.65. The maximum absolute atomic E-state index is 11.3. The number of rotatable bonds is 6. The number of hydrogen-bond donors (Lipinski definition) is 1. The lowest BCUT2D eigenvalue weighted by molar-refractivity contribution is 0.101. The van der Waals surface area contributed by atoms with Crippen molar-refractivity contribution < 1.29 is 4.79 Å². The Morgan fingerprint density at radius 2 is 2.12 bits per heavy atom. The van der Waals surface area contributed by atoms with Crippen molar-refractivity contribution in [1.29, 1.82) is 0 Å². The zero-order valence-corrected chi connectivity index (χ0v) is 10.8. The number of carbonyl (C=O) groups excluding carboxylic acids is 1. The molecule has 0 aliphatic heterocycles. The summed E-state index contributed by atoms with van der Waals surface area (Å²) in [5.74, 6) is 1.14. The molecule has 2 N–H and O–H groups in total. The number of unbranched alkanes of at least 4 members (excludes halogenated alkanes) is 2. The third kappa shape index (κ3) is 3.89. The molecular weight excluding hydrogens is 218 g/mol. The fourth-order valence-corrected chi connectivity index (χ4v) is 2.42. The van der Waals surface area contributed by atoms with Crippen LogP contribution in [0.25, 0.3) is 0 Å². The SMILES string of the molecule is CCCCCSc1ccc(N)c(C(C)=O)c1. The molecule has 1 aromatic carbocycles. The Kier molecular flexibility index (Phi) is 5.39. The summed E-state index contributed by atoms with van der Waals surface area (Å²) in [5.41, 5.74) is 6.95. The van der Waals surface area contributed by atoms with Gasteiger partial charge in [0, 0.05) is 16.1 Å². The summed E-state index contributed by atoms with van der Waals surface area (Å²) in [5, 5.41) is 0. The van der Waals surface area contributed by atoms with Crippen LogP contribution in [0.3, 0.4) is 0 Å². The molecule has 0 radical (unpaired) electrons. The summed E-state index contributed by atoms with van der Waals surface area (Å²) in [6, 6.07) is 5.70. The van der Waals surface area contributed by atoms with E-state index in [1.54, 1.807) is 18.7 Å². The lowest BCUT2D eigenvalue weighted by Gasteiger charge is -2.05. The van der Waals surface area contributed by atoms with Crippen molar-refractivity contribution in [1.82, 2.24) is 0 Å². The molecule has 0 amide bonds. The predicted molar refractivity (Wildman–Crippen MR) is 71.1 cm³/mol. The zero-order chi connectivity index (χ0) is 12.0. The first kappa shape index (κ1) is 13.1. The van der Waals surface area contributed by atoms with Crippen molar-refractivity contribution in [2.45, 2.75) is 38.0 Å². The highest BCUT2D eigenvalue weighted by atomic mass is 32.2. The van der Waals surface area contributed by atoms with Gasteiger partial charge >= 0.3 is 0 Å². The molecule has 1 aromatic rings. The van der Waals surface area contributed by atoms with Gasteiger partial charge in [0.2, 0.25) is 0 Å². The minimum atomic E-state index is 0.0357. The largest absolute Gasteiger partial charge is 0.398 e. The highest BCUT2D eigenvalue weighted by molar-refractivity contribution is 7.99. The molecule has 16 heavy (non-hydrogen) atoms. The number of hydrogen-bond acceptors (Lipinski definition) is 3. The number of carbonyl (C=O) groups is 1. The van der Waals surface area contributed by atoms with Crippen molar-refractivity contribution >= 4 is 23.2 Å². The van der Waals surface area contributed by atoms with E-state index >= 15 is 0 Å². The van der Waals surface area contributed by atoms with Crippen molar-refractivity contribution in [3.05, 3.63) is 23.8 Å². The van der Waals surface area contributed by atoms with Gasteiger partial charge in [0.25, 0.3) is 0 Å². The van der Waals surface area contributed by atoms with E-state index in [1.165, 1.54) is 19.3 Å². The lowest BCUT2D eigenvalue weighted by atomic mass is 10.1. The molecule has 0 fully saturated rings. The summed E-state index contributed by atoms with van der Waals surface area (Å²) in [6.07, 6.45) is 3.73. The fourth-order valence-electron chi connectivity index (χ4n) is 1.47. The topological polar surface area (TPSA) is 43.1 Å². The van der Waals surface area contributed by atoms with Crippen LogP contribution >= 0.6 is 11.8 Å². The Morgan fingerprint density at radius 3 is 2.75 bits per heavy atom. The van der Waals surface area contributed by atoms with Gasteiger partial charge in [0.15, 0.2) is 5.78 Å². The summed E-state index contributed by atoms with van der Waals surface area (Å²) in [7, 11) is 0. The number of benzene rings is 1. The number of nitrogen functional groups attached to an aromatic ring is 1. The third-order valence-electron chi connectivity index (χ3n) is 2.42. The van der Waals surface area contributed by atoms with E-state index in [-0.39, 0.29) is 5.78 Å². The third-order valence-corrected chi connectivity index (χ3v) is 3.50. The van der Waals surface area contributed by atoms with Gasteiger partial charge in [-0.1, -0.05) is 19.8 Å². The summed E-state index contributed by atoms with van der Waals surface area (Å²) >= 11 is 1.79. The second kappa shape index (κ2) is 6.59. The molecule has 1 rings (SSSR count). The molecule has 0 aromatic heterocycles. The Hall–Kier alpha value is -0.960. The average molecular weight is 237 g/mol. The van der Waals surface area contributed by atoms with Crippen LogP contribution in [0.4, 0.5) is 5.69 Å². The van der Waals surface area contributed by atoms with Gasteiger partial charge in [-0.05, 0) is 37.3 Å². The van der Waals surface area contributed by atoms with Gasteiger partial charge in [0.05, 0.1) is 0 Å². The van der Waals surface area contributed by atoms with E-state index in [0.717, 1.165) is 10.6 Å². The Balaban J connectivity index is 2.61. The normalized spacial score (nSPS) is 10.4. The highest BCUT2D eigenvalue weighted by Gasteiger charge is 2.05. The van der Waals surface area contributed by atoms with Crippen molar-refractivity contribution in [2.24, 2.45) is 0 Å². The molecule has 3 heteroatoms. The van der Waals surface area contributed by atoms with Crippen LogP contribution in [0.1, 0.15) is 43.5 Å². The van der Waals surface area contributed by atoms with E-state index in [4.69, 9.17) is 5.73 Å². The minimum Gasteiger partial charge on any atom is -0.398 e. The Labute approximate surface area is 102 Å². The molecule has 0 saturated carbocycles. The quantitative estimate of drug-likeness (QED) is 0.354. The van der Waals surface area contributed by atoms with Gasteiger partial charge < -0.3 is 5.73 Å². The van der Waals surface area contributed by atoms with E-state index in [9.17, 15) is 4.79 Å². The second-order valence-electron chi connectivity index (χ2n) is 3.86. The van der Waals surface area contributed by atoms with Crippen LogP contribution in [0.5, 0.6) is 0 Å². The molecule has 0 spiro atoms. The van der Waals surface area contributed by atoms with Gasteiger partial charge in [-0.2, -0.15) is 0 Å². The van der Waals surface area contributed by atoms with Gasteiger partial charge in [0.1, 0.15) is 0 Å². The van der Waals surface area contributed by atoms with Crippen LogP contribution in [0.2, 0.25) is 0 Å². The highest BCUT2D eigenvalue weighted by Crippen LogP contribution is 2.24. The molecule has 0 aliphatic carbocycles. The minimum absolute atomic E-state index is 0.0357. The van der Waals surface area contributed by atoms with Crippen LogP contribution < -0.4 is 5.73 Å². The summed E-state index contributed by atoms with van der Waals surface area (Å²) < 4.78 is 0. The molecule has 0 atom stereocenters. The second-order valence-corrected chi connectivity index (χ2v) is 5.03. The number of nitrogens with two attached hydrogens (primary N) is 1. The summed E-state index contributed by atoms with van der Waals surface area (Å²) in [4.78, 5) is 12.4. The maximum Gasteiger partial charge on any atom is 0.161 e. The molecule has 2 nitrogen and oxygen atoms in total. The number of thioether (sulfide) groups is 1. The van der Waals surface area contributed by atoms with Crippen LogP contribution in [-0.4, -0.2) is 11.5 Å². The molecule has 0 heterocycles. The van der Waals surface area contributed by atoms with E-state index < -0.39 is 0 Å². The van der Waals surface area contributed by atoms with Gasteiger partial charge in [-0.25, -0.2) is 0 Å². The smallest absolute Gasteiger partial charge is 0.161 e. The van der Waals surface area contributed by atoms with Crippen LogP contribution in [-0.2, 0) is 0 Å². The van der Waals surface area contributed by atoms with E-state index in [2.05, 4.69) is 6.92 Å². The first-order valence-electron chi connectivity index (χ1n) is 5.68. The van der Waals surface area contributed by atoms with Gasteiger partial charge in [-0.15, -0.1) is 11.8 Å². The van der Waals surface area contributed by atoms with Crippen molar-refractivity contribution in [3.8, 4) is 0 Å². The standard InChI is InChI=1S/C13H19NOS/c1-3-4-5-8-16-11-6-7-13(14)12(9-11)10(2)15/h6-7,9H,3-5,8,14H2,1-2H3. The van der Waals surface area contributed by atoms with Crippen molar-refractivity contribution in [3.63, 3.8) is 0 Å². The number of ketones is 1. The zero-order valence-electron chi connectivity index (χ0n) is 9.95. The van der Waals surface area contributed by atoms with Gasteiger partial charge in [-0.3, -0.25) is 4.79 Å². The number of anilines is 1. The molecule has 0 unspecified atom stereocenters. The monoisotopic (exact) mass is 237 g/mol. The molecular formula is C13H19NOS. The predicted octanol–water partition coefficient (Wildman–Crippen LogP) is 3.75. The van der Waals surface area contributed by atoms with E-state index in [1.807, 2.05) is 18.2 Å². The molecule has 0 saturated heterocycles. The Bertz CT molecular complexity index is 363. The molecule has 0 bridgehead atoms. The van der Waals surface area contributed by atoms with E-state index in [0.29, 0.717) is 11.3 Å². The number of Topliss-reactive ketones (excluding diaryl/α,β-unsaturated/α-hetero) is 1. The summed E-state index contributed by atoms with van der Waals surface area (Å²) in [6.45, 7) is 3.75. The molecule has 88 valence electrons. The van der Waals surface area contributed by atoms with Crippen molar-refractivity contribution in [2.75, 3.05) is 11.5 Å². The molecule has 0 aliphatic rings. The lowest BCUT2D eigenvalue weighted by Crippen LogP contribution is -1.99. The Morgan fingerprint density at radius 1 is 1.38 bits per heavy atom. The van der Waals surface area contributed by atoms with Crippen LogP contribution in [0, 0.1) is 0 Å². The fraction of sp³-hybridized carbons (Fsp3) is 0.462. The maximum atomic E-state index is 11.3. The first-order valence-corrected chi connectivity index (χ1v) is 6.67.